The second-order valence-corrected chi connectivity index (χ2v) is 3.90. The predicted molar refractivity (Wildman–Crippen MR) is 43.6 cm³/mol. The van der Waals surface area contributed by atoms with Crippen molar-refractivity contribution < 1.29 is 9.90 Å². The second-order valence-electron chi connectivity index (χ2n) is 2.69. The molecule has 5 heteroatoms. The smallest absolute Gasteiger partial charge is 0.226 e. The molecular weight excluding hydrogens is 164 g/mol. The highest BCUT2D eigenvalue weighted by molar-refractivity contribution is 8.00. The Hall–Kier alpha value is -0.260. The van der Waals surface area contributed by atoms with Crippen molar-refractivity contribution in [1.29, 1.82) is 0 Å². The molecule has 2 aliphatic heterocycles. The van der Waals surface area contributed by atoms with E-state index in [4.69, 9.17) is 5.11 Å². The third kappa shape index (κ3) is 1.36. The van der Waals surface area contributed by atoms with E-state index >= 15 is 0 Å². The molecule has 4 N–H and O–H groups in total. The van der Waals surface area contributed by atoms with Crippen LogP contribution in [0.15, 0.2) is 0 Å². The van der Waals surface area contributed by atoms with Crippen LogP contribution in [0.2, 0.25) is 0 Å². The van der Waals surface area contributed by atoms with Crippen LogP contribution in [-0.4, -0.2) is 39.7 Å². The van der Waals surface area contributed by atoms with Gasteiger partial charge in [-0.2, -0.15) is 0 Å². The zero-order valence-electron chi connectivity index (χ0n) is 6.19. The van der Waals surface area contributed by atoms with Crippen molar-refractivity contribution >= 4 is 17.7 Å². The maximum Gasteiger partial charge on any atom is 0.226 e. The molecule has 0 radical (unpaired) electrons. The van der Waals surface area contributed by atoms with Gasteiger partial charge in [0.25, 0.3) is 0 Å². The van der Waals surface area contributed by atoms with Crippen molar-refractivity contribution in [2.75, 3.05) is 12.3 Å². The number of fused-ring (bicyclic) bond motifs is 1. The average Bonchev–Trinajstić information content (AvgIpc) is 1.92. The lowest BCUT2D eigenvalue weighted by Gasteiger charge is -2.44. The Balaban J connectivity index is 0.000000605. The summed E-state index contributed by atoms with van der Waals surface area (Å²) in [6.45, 7) is 0.552. The Labute approximate surface area is 69.5 Å². The lowest BCUT2D eigenvalue weighted by Crippen LogP contribution is -2.57. The van der Waals surface area contributed by atoms with E-state index in [0.717, 1.165) is 5.75 Å². The number of aliphatic hydroxyl groups is 1. The molecule has 1 unspecified atom stereocenters. The first-order valence-electron chi connectivity index (χ1n) is 3.36. The summed E-state index contributed by atoms with van der Waals surface area (Å²) in [4.78, 5) is 12.6. The number of nitrogens with zero attached hydrogens (tertiary/aromatic N) is 1. The van der Waals surface area contributed by atoms with Gasteiger partial charge in [-0.05, 0) is 0 Å². The highest BCUT2D eigenvalue weighted by atomic mass is 32.2. The monoisotopic (exact) mass is 176 g/mol. The molecule has 4 nitrogen and oxygen atoms in total. The van der Waals surface area contributed by atoms with E-state index in [0.29, 0.717) is 18.3 Å². The molecule has 0 aromatic carbocycles. The summed E-state index contributed by atoms with van der Waals surface area (Å²) in [6.07, 6.45) is 0.377. The predicted octanol–water partition coefficient (Wildman–Crippen LogP) is -0.185. The molecule has 11 heavy (non-hydrogen) atoms. The topological polar surface area (TPSA) is 75.5 Å². The molecular formula is C6H12N2O2S. The molecule has 1 amide bonds. The highest BCUT2D eigenvalue weighted by Gasteiger charge is 2.40. The van der Waals surface area contributed by atoms with Crippen LogP contribution in [-0.2, 0) is 4.79 Å². The van der Waals surface area contributed by atoms with Crippen LogP contribution < -0.4 is 6.15 Å². The summed E-state index contributed by atoms with van der Waals surface area (Å²) in [5.74, 6) is 0.977. The fourth-order valence-electron chi connectivity index (χ4n) is 1.30. The molecule has 64 valence electrons. The molecule has 0 aromatic heterocycles. The normalized spacial score (nSPS) is 35.4. The summed E-state index contributed by atoms with van der Waals surface area (Å²) in [6, 6.07) is 0. The zero-order valence-corrected chi connectivity index (χ0v) is 7.01. The molecule has 0 spiro atoms. The molecule has 2 saturated heterocycles. The van der Waals surface area contributed by atoms with Crippen molar-refractivity contribution in [3.63, 3.8) is 0 Å². The fraction of sp³-hybridized carbons (Fsp3) is 0.833. The average molecular weight is 176 g/mol. The van der Waals surface area contributed by atoms with Crippen LogP contribution in [0.5, 0.6) is 0 Å². The Morgan fingerprint density at radius 1 is 1.64 bits per heavy atom. The Morgan fingerprint density at radius 3 is 2.91 bits per heavy atom. The van der Waals surface area contributed by atoms with Crippen molar-refractivity contribution in [2.24, 2.45) is 0 Å². The molecule has 0 aromatic rings. The lowest BCUT2D eigenvalue weighted by molar-refractivity contribution is -0.143. The maximum absolute atomic E-state index is 10.8. The highest BCUT2D eigenvalue weighted by Crippen LogP contribution is 2.33. The van der Waals surface area contributed by atoms with E-state index in [1.807, 2.05) is 0 Å². The van der Waals surface area contributed by atoms with Gasteiger partial charge in [0.15, 0.2) is 0 Å². The number of β-lactam (4-membered cyclic amide) rings is 1. The summed E-state index contributed by atoms with van der Waals surface area (Å²) in [7, 11) is 0. The van der Waals surface area contributed by atoms with Crippen LogP contribution in [0.4, 0.5) is 0 Å². The van der Waals surface area contributed by atoms with Crippen LogP contribution in [0.25, 0.3) is 0 Å². The lowest BCUT2D eigenvalue weighted by atomic mass is 10.2. The largest absolute Gasteiger partial charge is 0.390 e. The molecule has 2 aliphatic rings. The van der Waals surface area contributed by atoms with Gasteiger partial charge in [-0.25, -0.2) is 0 Å². The van der Waals surface area contributed by atoms with Gasteiger partial charge >= 0.3 is 0 Å². The third-order valence-electron chi connectivity index (χ3n) is 1.91. The van der Waals surface area contributed by atoms with E-state index in [-0.39, 0.29) is 18.2 Å². The molecule has 0 bridgehead atoms. The van der Waals surface area contributed by atoms with Crippen LogP contribution >= 0.6 is 11.8 Å². The first-order valence-corrected chi connectivity index (χ1v) is 4.41. The number of aliphatic hydroxyl groups excluding tert-OH is 1. The number of hydrogen-bond donors (Lipinski definition) is 2. The summed E-state index contributed by atoms with van der Waals surface area (Å²) in [5.41, 5.74) is 0. The van der Waals surface area contributed by atoms with Gasteiger partial charge in [0.1, 0.15) is 0 Å². The number of carbonyl (C=O) groups is 1. The Morgan fingerprint density at radius 2 is 2.36 bits per heavy atom. The minimum Gasteiger partial charge on any atom is -0.390 e. The van der Waals surface area contributed by atoms with Gasteiger partial charge in [0.2, 0.25) is 5.91 Å². The van der Waals surface area contributed by atoms with Crippen molar-refractivity contribution in [2.45, 2.75) is 17.9 Å². The first kappa shape index (κ1) is 8.83. The minimum atomic E-state index is -0.300. The number of amides is 1. The number of rotatable bonds is 0. The fourth-order valence-corrected chi connectivity index (χ4v) is 2.49. The van der Waals surface area contributed by atoms with Crippen LogP contribution in [0.3, 0.4) is 0 Å². The third-order valence-corrected chi connectivity index (χ3v) is 3.29. The molecule has 2 atom stereocenters. The van der Waals surface area contributed by atoms with Gasteiger partial charge in [0.05, 0.1) is 17.9 Å². The standard InChI is InChI=1S/C6H9NO2S.H3N/c8-4-2-7-5(9)1-6(7)10-3-4;/h4,6,8H,1-3H2;1H3/t4?,6-;/m1./s1. The molecule has 0 aliphatic carbocycles. The van der Waals surface area contributed by atoms with Crippen LogP contribution in [0, 0.1) is 0 Å². The molecule has 2 rings (SSSR count). The van der Waals surface area contributed by atoms with E-state index in [2.05, 4.69) is 0 Å². The summed E-state index contributed by atoms with van der Waals surface area (Å²) >= 11 is 1.68. The van der Waals surface area contributed by atoms with Crippen LogP contribution in [0.1, 0.15) is 6.42 Å². The zero-order chi connectivity index (χ0) is 7.14. The van der Waals surface area contributed by atoms with Gasteiger partial charge in [-0.1, -0.05) is 0 Å². The van der Waals surface area contributed by atoms with Crippen molar-refractivity contribution in [3.05, 3.63) is 0 Å². The van der Waals surface area contributed by atoms with Crippen molar-refractivity contribution in [1.82, 2.24) is 11.1 Å². The Bertz CT molecular complexity index is 176. The SMILES string of the molecule is N.O=C1C[C@H]2SCC(O)CN12. The first-order chi connectivity index (χ1) is 4.77. The van der Waals surface area contributed by atoms with Gasteiger partial charge in [-0.3, -0.25) is 4.79 Å². The minimum absolute atomic E-state index is 0. The van der Waals surface area contributed by atoms with Gasteiger partial charge in [0, 0.05) is 12.3 Å². The van der Waals surface area contributed by atoms with Crippen molar-refractivity contribution in [3.8, 4) is 0 Å². The maximum atomic E-state index is 10.8. The summed E-state index contributed by atoms with van der Waals surface area (Å²) < 4.78 is 0. The molecule has 2 heterocycles. The van der Waals surface area contributed by atoms with E-state index in [1.54, 1.807) is 16.7 Å². The van der Waals surface area contributed by atoms with E-state index in [1.165, 1.54) is 0 Å². The Kier molecular flexibility index (Phi) is 2.41. The quantitative estimate of drug-likeness (QED) is 0.502. The second kappa shape index (κ2) is 3.00. The number of carbonyl (C=O) groups excluding carboxylic acids is 1. The molecule has 2 fully saturated rings. The number of hydrogen-bond acceptors (Lipinski definition) is 4. The molecule has 0 saturated carbocycles. The summed E-state index contributed by atoms with van der Waals surface area (Å²) in [5, 5.41) is 9.52. The van der Waals surface area contributed by atoms with Gasteiger partial charge in [-0.15, -0.1) is 11.8 Å². The number of thioether (sulfide) groups is 1. The van der Waals surface area contributed by atoms with E-state index in [9.17, 15) is 4.79 Å². The van der Waals surface area contributed by atoms with E-state index < -0.39 is 0 Å². The van der Waals surface area contributed by atoms with Gasteiger partial charge < -0.3 is 16.2 Å².